The molecular weight excluding hydrogens is 335 g/mol. The van der Waals surface area contributed by atoms with Gasteiger partial charge in [0.05, 0.1) is 5.92 Å². The van der Waals surface area contributed by atoms with Gasteiger partial charge in [0.1, 0.15) is 0 Å². The molecule has 3 rings (SSSR count). The van der Waals surface area contributed by atoms with Crippen molar-refractivity contribution in [2.45, 2.75) is 25.6 Å². The van der Waals surface area contributed by atoms with Crippen molar-refractivity contribution >= 4 is 11.9 Å². The second kappa shape index (κ2) is 7.22. The molecule has 1 amide bonds. The van der Waals surface area contributed by atoms with Gasteiger partial charge in [0.2, 0.25) is 17.7 Å². The molecular formula is C16H18F3N5O. The Bertz CT molecular complexity index is 716. The van der Waals surface area contributed by atoms with Crippen LogP contribution in [0.25, 0.3) is 0 Å². The highest BCUT2D eigenvalue weighted by Gasteiger charge is 2.35. The summed E-state index contributed by atoms with van der Waals surface area (Å²) < 4.78 is 37.5. The fourth-order valence-electron chi connectivity index (χ4n) is 2.91. The predicted molar refractivity (Wildman–Crippen MR) is 84.5 cm³/mol. The maximum absolute atomic E-state index is 12.5. The number of alkyl halides is 3. The van der Waals surface area contributed by atoms with Crippen LogP contribution in [-0.2, 0) is 17.5 Å². The molecule has 2 heterocycles. The van der Waals surface area contributed by atoms with Gasteiger partial charge in [-0.25, -0.2) is 0 Å². The van der Waals surface area contributed by atoms with Crippen LogP contribution >= 0.6 is 0 Å². The van der Waals surface area contributed by atoms with Crippen LogP contribution in [-0.4, -0.2) is 39.1 Å². The molecule has 9 heteroatoms. The minimum Gasteiger partial charge on any atom is -0.298 e. The molecule has 25 heavy (non-hydrogen) atoms. The van der Waals surface area contributed by atoms with Crippen LogP contribution in [0.15, 0.2) is 30.3 Å². The predicted octanol–water partition coefficient (Wildman–Crippen LogP) is 2.67. The van der Waals surface area contributed by atoms with Gasteiger partial charge in [-0.3, -0.25) is 20.1 Å². The molecule has 0 radical (unpaired) electrons. The maximum atomic E-state index is 12.5. The van der Waals surface area contributed by atoms with Crippen molar-refractivity contribution in [1.29, 1.82) is 0 Å². The summed E-state index contributed by atoms with van der Waals surface area (Å²) in [5.41, 5.74) is 1.16. The highest BCUT2D eigenvalue weighted by Crippen LogP contribution is 2.26. The summed E-state index contributed by atoms with van der Waals surface area (Å²) in [4.78, 5) is 17.7. The normalized spacial score (nSPS) is 18.9. The van der Waals surface area contributed by atoms with Crippen molar-refractivity contribution in [3.63, 3.8) is 0 Å². The second-order valence-electron chi connectivity index (χ2n) is 6.05. The van der Waals surface area contributed by atoms with Crippen molar-refractivity contribution in [2.75, 3.05) is 18.4 Å². The third-order valence-corrected chi connectivity index (χ3v) is 4.11. The number of rotatable bonds is 4. The van der Waals surface area contributed by atoms with E-state index in [1.54, 1.807) is 5.10 Å². The molecule has 1 aliphatic heterocycles. The first-order valence-electron chi connectivity index (χ1n) is 7.98. The number of halogens is 3. The monoisotopic (exact) mass is 353 g/mol. The van der Waals surface area contributed by atoms with Gasteiger partial charge in [-0.05, 0) is 24.9 Å². The van der Waals surface area contributed by atoms with Crippen LogP contribution in [0.5, 0.6) is 0 Å². The molecule has 1 atom stereocenters. The summed E-state index contributed by atoms with van der Waals surface area (Å²) in [5.74, 6) is -2.23. The van der Waals surface area contributed by atoms with E-state index < -0.39 is 12.0 Å². The van der Waals surface area contributed by atoms with E-state index in [4.69, 9.17) is 0 Å². The lowest BCUT2D eigenvalue weighted by Gasteiger charge is -2.31. The molecule has 1 saturated heterocycles. The summed E-state index contributed by atoms with van der Waals surface area (Å²) in [7, 11) is 0. The molecule has 0 aliphatic carbocycles. The van der Waals surface area contributed by atoms with E-state index in [0.29, 0.717) is 13.0 Å². The highest BCUT2D eigenvalue weighted by molar-refractivity contribution is 5.91. The highest BCUT2D eigenvalue weighted by atomic mass is 19.4. The van der Waals surface area contributed by atoms with E-state index in [1.807, 2.05) is 30.3 Å². The number of nitrogens with zero attached hydrogens (tertiary/aromatic N) is 3. The van der Waals surface area contributed by atoms with Crippen molar-refractivity contribution < 1.29 is 18.0 Å². The number of likely N-dealkylation sites (tertiary alicyclic amines) is 1. The number of anilines is 1. The lowest BCUT2D eigenvalue weighted by atomic mass is 9.96. The number of nitrogens with one attached hydrogen (secondary N) is 2. The molecule has 1 unspecified atom stereocenters. The fraction of sp³-hybridized carbons (Fsp3) is 0.438. The van der Waals surface area contributed by atoms with Crippen LogP contribution in [0, 0.1) is 5.92 Å². The molecule has 6 nitrogen and oxygen atoms in total. The number of H-pyrrole nitrogens is 1. The van der Waals surface area contributed by atoms with E-state index in [2.05, 4.69) is 20.3 Å². The number of amides is 1. The van der Waals surface area contributed by atoms with Crippen molar-refractivity contribution in [3.05, 3.63) is 41.7 Å². The first-order valence-corrected chi connectivity index (χ1v) is 7.98. The molecule has 2 aromatic rings. The zero-order valence-electron chi connectivity index (χ0n) is 13.4. The number of carbonyl (C=O) groups is 1. The minimum absolute atomic E-state index is 0.301. The standard InChI is InChI=1S/C16H18F3N5O/c17-16(18,19)14-21-15(23-22-14)20-13(25)12-7-4-8-24(10-12)9-11-5-2-1-3-6-11/h1-3,5-6,12H,4,7-10H2,(H2,20,21,22,23,25). The van der Waals surface area contributed by atoms with Gasteiger partial charge in [0.25, 0.3) is 0 Å². The second-order valence-corrected chi connectivity index (χ2v) is 6.05. The van der Waals surface area contributed by atoms with Gasteiger partial charge in [-0.15, -0.1) is 5.10 Å². The Hall–Kier alpha value is -2.42. The lowest BCUT2D eigenvalue weighted by molar-refractivity contribution is -0.144. The molecule has 2 N–H and O–H groups in total. The maximum Gasteiger partial charge on any atom is 0.451 e. The number of aromatic nitrogens is 3. The molecule has 1 fully saturated rings. The molecule has 0 spiro atoms. The third-order valence-electron chi connectivity index (χ3n) is 4.11. The lowest BCUT2D eigenvalue weighted by Crippen LogP contribution is -2.40. The summed E-state index contributed by atoms with van der Waals surface area (Å²) >= 11 is 0. The average Bonchev–Trinajstić information content (AvgIpc) is 3.05. The Morgan fingerprint density at radius 1 is 1.32 bits per heavy atom. The first kappa shape index (κ1) is 17.4. The van der Waals surface area contributed by atoms with Crippen LogP contribution in [0.1, 0.15) is 24.2 Å². The van der Waals surface area contributed by atoms with Crippen molar-refractivity contribution in [1.82, 2.24) is 20.1 Å². The molecule has 1 aromatic heterocycles. The Kier molecular flexibility index (Phi) is 5.03. The van der Waals surface area contributed by atoms with E-state index in [-0.39, 0.29) is 17.8 Å². The van der Waals surface area contributed by atoms with Crippen molar-refractivity contribution in [3.8, 4) is 0 Å². The Morgan fingerprint density at radius 2 is 2.08 bits per heavy atom. The summed E-state index contributed by atoms with van der Waals surface area (Å²) in [5, 5.41) is 7.56. The topological polar surface area (TPSA) is 73.9 Å². The smallest absolute Gasteiger partial charge is 0.298 e. The van der Waals surface area contributed by atoms with Gasteiger partial charge in [0.15, 0.2) is 0 Å². The molecule has 134 valence electrons. The van der Waals surface area contributed by atoms with Gasteiger partial charge in [0, 0.05) is 13.1 Å². The van der Waals surface area contributed by atoms with Crippen LogP contribution in [0.2, 0.25) is 0 Å². The number of hydrogen-bond acceptors (Lipinski definition) is 4. The van der Waals surface area contributed by atoms with Gasteiger partial charge in [-0.2, -0.15) is 18.2 Å². The SMILES string of the molecule is O=C(Nc1n[nH]c(C(F)(F)F)n1)C1CCCN(Cc2ccccc2)C1. The van der Waals surface area contributed by atoms with E-state index in [9.17, 15) is 18.0 Å². The number of carbonyl (C=O) groups excluding carboxylic acids is 1. The number of benzene rings is 1. The van der Waals surface area contributed by atoms with Crippen LogP contribution in [0.4, 0.5) is 19.1 Å². The molecule has 0 saturated carbocycles. The van der Waals surface area contributed by atoms with Gasteiger partial charge >= 0.3 is 6.18 Å². The van der Waals surface area contributed by atoms with Gasteiger partial charge in [-0.1, -0.05) is 30.3 Å². The largest absolute Gasteiger partial charge is 0.451 e. The zero-order chi connectivity index (χ0) is 17.9. The molecule has 1 aromatic carbocycles. The Labute approximate surface area is 142 Å². The van der Waals surface area contributed by atoms with Crippen LogP contribution in [0.3, 0.4) is 0 Å². The molecule has 1 aliphatic rings. The third kappa shape index (κ3) is 4.56. The summed E-state index contributed by atoms with van der Waals surface area (Å²) in [6, 6.07) is 9.92. The quantitative estimate of drug-likeness (QED) is 0.886. The number of aromatic amines is 1. The van der Waals surface area contributed by atoms with E-state index in [1.165, 1.54) is 0 Å². The molecule has 0 bridgehead atoms. The average molecular weight is 353 g/mol. The fourth-order valence-corrected chi connectivity index (χ4v) is 2.91. The van der Waals surface area contributed by atoms with Crippen molar-refractivity contribution in [2.24, 2.45) is 5.92 Å². The van der Waals surface area contributed by atoms with Gasteiger partial charge < -0.3 is 0 Å². The van der Waals surface area contributed by atoms with Crippen LogP contribution < -0.4 is 5.32 Å². The summed E-state index contributed by atoms with van der Waals surface area (Å²) in [6.07, 6.45) is -3.08. The minimum atomic E-state index is -4.62. The zero-order valence-corrected chi connectivity index (χ0v) is 13.4. The van der Waals surface area contributed by atoms with E-state index >= 15 is 0 Å². The Morgan fingerprint density at radius 3 is 2.76 bits per heavy atom. The van der Waals surface area contributed by atoms with E-state index in [0.717, 1.165) is 25.1 Å². The number of piperidine rings is 1. The first-order chi connectivity index (χ1) is 11.9. The Balaban J connectivity index is 1.57. The number of hydrogen-bond donors (Lipinski definition) is 2. The summed E-state index contributed by atoms with van der Waals surface area (Å²) in [6.45, 7) is 2.18.